The molecule has 2 rings (SSSR count). The SMILES string of the molecule is COCCCN(C)c1nc(NC2CCCCC2)ncc1C#N. The second kappa shape index (κ2) is 8.54. The van der Waals surface area contributed by atoms with Crippen LogP contribution in [-0.2, 0) is 4.74 Å². The first-order valence-electron chi connectivity index (χ1n) is 7.98. The number of methoxy groups -OCH3 is 1. The average Bonchev–Trinajstić information content (AvgIpc) is 2.56. The number of anilines is 2. The molecule has 1 aliphatic carbocycles. The predicted octanol–water partition coefficient (Wildman–Crippen LogP) is 2.57. The van der Waals surface area contributed by atoms with Crippen molar-refractivity contribution in [3.05, 3.63) is 11.8 Å². The summed E-state index contributed by atoms with van der Waals surface area (Å²) in [4.78, 5) is 10.8. The Morgan fingerprint density at radius 3 is 2.86 bits per heavy atom. The van der Waals surface area contributed by atoms with E-state index in [1.54, 1.807) is 13.3 Å². The molecule has 22 heavy (non-hydrogen) atoms. The van der Waals surface area contributed by atoms with Crippen LogP contribution in [0.5, 0.6) is 0 Å². The lowest BCUT2D eigenvalue weighted by Crippen LogP contribution is -2.26. The van der Waals surface area contributed by atoms with Gasteiger partial charge in [-0.3, -0.25) is 0 Å². The van der Waals surface area contributed by atoms with E-state index in [2.05, 4.69) is 21.4 Å². The molecule has 0 bridgehead atoms. The van der Waals surface area contributed by atoms with E-state index < -0.39 is 0 Å². The highest BCUT2D eigenvalue weighted by Crippen LogP contribution is 2.22. The molecule has 0 saturated heterocycles. The molecule has 0 unspecified atom stereocenters. The van der Waals surface area contributed by atoms with Gasteiger partial charge in [-0.25, -0.2) is 4.98 Å². The molecule has 1 aliphatic rings. The summed E-state index contributed by atoms with van der Waals surface area (Å²) in [7, 11) is 3.64. The van der Waals surface area contributed by atoms with Crippen LogP contribution >= 0.6 is 0 Å². The van der Waals surface area contributed by atoms with Gasteiger partial charge in [-0.05, 0) is 19.3 Å². The number of nitrogens with one attached hydrogen (secondary N) is 1. The van der Waals surface area contributed by atoms with Crippen LogP contribution in [0.3, 0.4) is 0 Å². The number of hydrogen-bond donors (Lipinski definition) is 1. The average molecular weight is 303 g/mol. The van der Waals surface area contributed by atoms with Gasteiger partial charge in [0, 0.05) is 33.4 Å². The summed E-state index contributed by atoms with van der Waals surface area (Å²) >= 11 is 0. The van der Waals surface area contributed by atoms with Crippen LogP contribution in [0.25, 0.3) is 0 Å². The van der Waals surface area contributed by atoms with Crippen molar-refractivity contribution in [2.24, 2.45) is 0 Å². The van der Waals surface area contributed by atoms with Crippen LogP contribution in [0.2, 0.25) is 0 Å². The van der Waals surface area contributed by atoms with E-state index in [0.717, 1.165) is 13.0 Å². The van der Waals surface area contributed by atoms with E-state index in [-0.39, 0.29) is 0 Å². The molecule has 1 aromatic heterocycles. The number of nitriles is 1. The Bertz CT molecular complexity index is 508. The Hall–Kier alpha value is -1.87. The van der Waals surface area contributed by atoms with Crippen molar-refractivity contribution in [3.63, 3.8) is 0 Å². The number of rotatable bonds is 7. The maximum absolute atomic E-state index is 9.25. The van der Waals surface area contributed by atoms with Gasteiger partial charge in [0.15, 0.2) is 5.82 Å². The quantitative estimate of drug-likeness (QED) is 0.780. The minimum absolute atomic E-state index is 0.452. The largest absolute Gasteiger partial charge is 0.385 e. The lowest BCUT2D eigenvalue weighted by atomic mass is 9.96. The van der Waals surface area contributed by atoms with Gasteiger partial charge in [0.1, 0.15) is 11.6 Å². The summed E-state index contributed by atoms with van der Waals surface area (Å²) in [6, 6.07) is 2.62. The number of hydrogen-bond acceptors (Lipinski definition) is 6. The van der Waals surface area contributed by atoms with Crippen molar-refractivity contribution >= 4 is 11.8 Å². The zero-order chi connectivity index (χ0) is 15.8. The van der Waals surface area contributed by atoms with Crippen LogP contribution in [0.15, 0.2) is 6.20 Å². The van der Waals surface area contributed by atoms with E-state index >= 15 is 0 Å². The minimum atomic E-state index is 0.452. The molecule has 0 amide bonds. The summed E-state index contributed by atoms with van der Waals surface area (Å²) in [6.07, 6.45) is 8.69. The molecule has 0 aromatic carbocycles. The highest BCUT2D eigenvalue weighted by molar-refractivity contribution is 5.54. The van der Waals surface area contributed by atoms with Crippen molar-refractivity contribution in [2.45, 2.75) is 44.6 Å². The summed E-state index contributed by atoms with van der Waals surface area (Å²) in [5.41, 5.74) is 0.508. The highest BCUT2D eigenvalue weighted by atomic mass is 16.5. The van der Waals surface area contributed by atoms with Crippen molar-refractivity contribution in [2.75, 3.05) is 37.5 Å². The molecule has 1 saturated carbocycles. The van der Waals surface area contributed by atoms with E-state index in [1.807, 2.05) is 11.9 Å². The van der Waals surface area contributed by atoms with Crippen LogP contribution in [-0.4, -0.2) is 43.3 Å². The molecule has 6 heteroatoms. The first-order valence-corrected chi connectivity index (χ1v) is 7.98. The first kappa shape index (κ1) is 16.5. The second-order valence-corrected chi connectivity index (χ2v) is 5.79. The number of nitrogens with zero attached hydrogens (tertiary/aromatic N) is 4. The monoisotopic (exact) mass is 303 g/mol. The third-order valence-corrected chi connectivity index (χ3v) is 4.03. The van der Waals surface area contributed by atoms with Gasteiger partial charge in [-0.15, -0.1) is 0 Å². The standard InChI is InChI=1S/C16H25N5O/c1-21(9-6-10-22-2)15-13(11-17)12-18-16(20-15)19-14-7-4-3-5-8-14/h12,14H,3-10H2,1-2H3,(H,18,19,20). The molecule has 1 N–H and O–H groups in total. The fourth-order valence-corrected chi connectivity index (χ4v) is 2.79. The summed E-state index contributed by atoms with van der Waals surface area (Å²) < 4.78 is 5.07. The van der Waals surface area contributed by atoms with E-state index in [1.165, 1.54) is 32.1 Å². The molecular formula is C16H25N5O. The molecule has 120 valence electrons. The molecular weight excluding hydrogens is 278 g/mol. The number of ether oxygens (including phenoxy) is 1. The molecule has 0 atom stereocenters. The van der Waals surface area contributed by atoms with Gasteiger partial charge in [-0.2, -0.15) is 10.2 Å². The van der Waals surface area contributed by atoms with E-state index in [4.69, 9.17) is 4.74 Å². The summed E-state index contributed by atoms with van der Waals surface area (Å²) in [5, 5.41) is 12.7. The maximum atomic E-state index is 9.25. The van der Waals surface area contributed by atoms with Crippen molar-refractivity contribution in [3.8, 4) is 6.07 Å². The van der Waals surface area contributed by atoms with E-state index in [0.29, 0.717) is 30.0 Å². The molecule has 1 fully saturated rings. The lowest BCUT2D eigenvalue weighted by Gasteiger charge is -2.24. The van der Waals surface area contributed by atoms with Crippen LogP contribution in [0.1, 0.15) is 44.1 Å². The van der Waals surface area contributed by atoms with Crippen molar-refractivity contribution < 1.29 is 4.74 Å². The Balaban J connectivity index is 2.06. The smallest absolute Gasteiger partial charge is 0.224 e. The molecule has 0 radical (unpaired) electrons. The van der Waals surface area contributed by atoms with Gasteiger partial charge in [0.2, 0.25) is 5.95 Å². The fraction of sp³-hybridized carbons (Fsp3) is 0.688. The minimum Gasteiger partial charge on any atom is -0.385 e. The van der Waals surface area contributed by atoms with Crippen molar-refractivity contribution in [1.29, 1.82) is 5.26 Å². The van der Waals surface area contributed by atoms with Crippen LogP contribution in [0.4, 0.5) is 11.8 Å². The Kier molecular flexibility index (Phi) is 6.41. The van der Waals surface area contributed by atoms with Crippen LogP contribution < -0.4 is 10.2 Å². The van der Waals surface area contributed by atoms with E-state index in [9.17, 15) is 5.26 Å². The fourth-order valence-electron chi connectivity index (χ4n) is 2.79. The second-order valence-electron chi connectivity index (χ2n) is 5.79. The summed E-state index contributed by atoms with van der Waals surface area (Å²) in [6.45, 7) is 1.49. The zero-order valence-corrected chi connectivity index (χ0v) is 13.5. The predicted molar refractivity (Wildman–Crippen MR) is 87.0 cm³/mol. The third-order valence-electron chi connectivity index (χ3n) is 4.03. The highest BCUT2D eigenvalue weighted by Gasteiger charge is 2.16. The topological polar surface area (TPSA) is 74.1 Å². The molecule has 1 heterocycles. The van der Waals surface area contributed by atoms with Gasteiger partial charge in [0.05, 0.1) is 6.20 Å². The van der Waals surface area contributed by atoms with Crippen molar-refractivity contribution in [1.82, 2.24) is 9.97 Å². The van der Waals surface area contributed by atoms with Gasteiger partial charge in [-0.1, -0.05) is 19.3 Å². The Morgan fingerprint density at radius 1 is 1.41 bits per heavy atom. The molecule has 0 aliphatic heterocycles. The Morgan fingerprint density at radius 2 is 2.18 bits per heavy atom. The molecule has 1 aromatic rings. The first-order chi connectivity index (χ1) is 10.7. The third kappa shape index (κ3) is 4.57. The normalized spacial score (nSPS) is 15.3. The number of aromatic nitrogens is 2. The zero-order valence-electron chi connectivity index (χ0n) is 13.5. The lowest BCUT2D eigenvalue weighted by molar-refractivity contribution is 0.196. The maximum Gasteiger partial charge on any atom is 0.224 e. The van der Waals surface area contributed by atoms with Gasteiger partial charge >= 0.3 is 0 Å². The van der Waals surface area contributed by atoms with Gasteiger partial charge in [0.25, 0.3) is 0 Å². The molecule has 0 spiro atoms. The van der Waals surface area contributed by atoms with Crippen LogP contribution in [0, 0.1) is 11.3 Å². The molecule has 6 nitrogen and oxygen atoms in total. The summed E-state index contributed by atoms with van der Waals surface area (Å²) in [5.74, 6) is 1.31. The van der Waals surface area contributed by atoms with Gasteiger partial charge < -0.3 is 15.0 Å². The Labute approximate surface area is 132 Å².